The molecule has 0 saturated heterocycles. The van der Waals surface area contributed by atoms with Crippen LogP contribution in [0.4, 0.5) is 5.82 Å². The molecule has 1 aliphatic carbocycles. The highest BCUT2D eigenvalue weighted by atomic mass is 16.6. The summed E-state index contributed by atoms with van der Waals surface area (Å²) >= 11 is 0. The lowest BCUT2D eigenvalue weighted by Crippen LogP contribution is -2.18. The van der Waals surface area contributed by atoms with Crippen LogP contribution in [0.15, 0.2) is 24.5 Å². The number of carbonyl (C=O) groups excluding carboxylic acids is 1. The lowest BCUT2D eigenvalue weighted by molar-refractivity contribution is 0.102. The highest BCUT2D eigenvalue weighted by Crippen LogP contribution is 2.31. The Morgan fingerprint density at radius 1 is 1.09 bits per heavy atom. The van der Waals surface area contributed by atoms with Gasteiger partial charge >= 0.3 is 0 Å². The van der Waals surface area contributed by atoms with Crippen molar-refractivity contribution in [1.82, 2.24) is 9.97 Å². The number of hydrogen-bond acceptors (Lipinski definition) is 5. The third-order valence-corrected chi connectivity index (χ3v) is 3.91. The molecule has 2 aromatic rings. The molecule has 0 saturated carbocycles. The Morgan fingerprint density at radius 3 is 2.86 bits per heavy atom. The van der Waals surface area contributed by atoms with E-state index in [1.165, 1.54) is 6.33 Å². The first-order valence-corrected chi connectivity index (χ1v) is 7.35. The summed E-state index contributed by atoms with van der Waals surface area (Å²) in [4.78, 5) is 20.9. The Morgan fingerprint density at radius 2 is 1.95 bits per heavy atom. The molecular weight excluding hydrogens is 282 g/mol. The monoisotopic (exact) mass is 297 g/mol. The van der Waals surface area contributed by atoms with E-state index >= 15 is 0 Å². The van der Waals surface area contributed by atoms with Gasteiger partial charge in [0.25, 0.3) is 5.91 Å². The molecule has 0 fully saturated rings. The van der Waals surface area contributed by atoms with E-state index in [0.717, 1.165) is 30.5 Å². The zero-order chi connectivity index (χ0) is 14.9. The van der Waals surface area contributed by atoms with Gasteiger partial charge in [0.15, 0.2) is 11.5 Å². The molecule has 0 spiro atoms. The summed E-state index contributed by atoms with van der Waals surface area (Å²) in [5.74, 6) is 1.68. The number of aryl methyl sites for hydroxylation is 1. The van der Waals surface area contributed by atoms with Gasteiger partial charge in [-0.2, -0.15) is 0 Å². The Balaban J connectivity index is 1.59. The molecule has 2 heterocycles. The van der Waals surface area contributed by atoms with Crippen LogP contribution in [0.1, 0.15) is 28.0 Å². The summed E-state index contributed by atoms with van der Waals surface area (Å²) in [5.41, 5.74) is 2.61. The number of aromatic nitrogens is 2. The molecule has 0 unspecified atom stereocenters. The number of nitrogens with zero attached hydrogens (tertiary/aromatic N) is 2. The van der Waals surface area contributed by atoms with Crippen LogP contribution in [0.25, 0.3) is 0 Å². The average molecular weight is 297 g/mol. The fourth-order valence-electron chi connectivity index (χ4n) is 2.83. The Bertz CT molecular complexity index is 745. The minimum Gasteiger partial charge on any atom is -0.486 e. The summed E-state index contributed by atoms with van der Waals surface area (Å²) in [5, 5.41) is 2.88. The fourth-order valence-corrected chi connectivity index (χ4v) is 2.83. The van der Waals surface area contributed by atoms with Crippen LogP contribution in [-0.4, -0.2) is 29.1 Å². The molecule has 1 amide bonds. The molecule has 0 radical (unpaired) electrons. The Kier molecular flexibility index (Phi) is 3.14. The number of amides is 1. The molecule has 6 heteroatoms. The molecule has 1 aliphatic heterocycles. The van der Waals surface area contributed by atoms with Crippen LogP contribution in [0, 0.1) is 0 Å². The number of anilines is 1. The number of benzene rings is 1. The van der Waals surface area contributed by atoms with Crippen LogP contribution < -0.4 is 14.8 Å². The van der Waals surface area contributed by atoms with E-state index in [2.05, 4.69) is 15.3 Å². The number of ether oxygens (including phenoxy) is 2. The maximum atomic E-state index is 12.4. The van der Waals surface area contributed by atoms with Gasteiger partial charge in [-0.25, -0.2) is 9.97 Å². The predicted molar refractivity (Wildman–Crippen MR) is 79.4 cm³/mol. The summed E-state index contributed by atoms with van der Waals surface area (Å²) in [6.45, 7) is 1.03. The summed E-state index contributed by atoms with van der Waals surface area (Å²) in [6, 6.07) is 5.18. The third kappa shape index (κ3) is 2.26. The Hall–Kier alpha value is -2.63. The minimum atomic E-state index is -0.204. The number of nitrogens with one attached hydrogen (secondary N) is 1. The van der Waals surface area contributed by atoms with Gasteiger partial charge in [0, 0.05) is 16.8 Å². The van der Waals surface area contributed by atoms with Gasteiger partial charge in [-0.1, -0.05) is 0 Å². The van der Waals surface area contributed by atoms with E-state index in [-0.39, 0.29) is 5.91 Å². The predicted octanol–water partition coefficient (Wildman–Crippen LogP) is 1.99. The fraction of sp³-hybridized carbons (Fsp3) is 0.312. The molecule has 22 heavy (non-hydrogen) atoms. The van der Waals surface area contributed by atoms with Crippen molar-refractivity contribution in [2.45, 2.75) is 19.3 Å². The van der Waals surface area contributed by atoms with Crippen molar-refractivity contribution in [3.05, 3.63) is 41.3 Å². The van der Waals surface area contributed by atoms with E-state index in [9.17, 15) is 4.79 Å². The number of fused-ring (bicyclic) bond motifs is 2. The van der Waals surface area contributed by atoms with Crippen molar-refractivity contribution in [1.29, 1.82) is 0 Å². The van der Waals surface area contributed by atoms with Crippen LogP contribution >= 0.6 is 0 Å². The third-order valence-electron chi connectivity index (χ3n) is 3.91. The molecule has 6 nitrogen and oxygen atoms in total. The molecule has 1 aromatic carbocycles. The summed E-state index contributed by atoms with van der Waals surface area (Å²) in [6.07, 6.45) is 4.42. The van der Waals surface area contributed by atoms with Crippen molar-refractivity contribution in [3.63, 3.8) is 0 Å². The largest absolute Gasteiger partial charge is 0.486 e. The van der Waals surface area contributed by atoms with Crippen molar-refractivity contribution in [2.75, 3.05) is 18.5 Å². The van der Waals surface area contributed by atoms with Gasteiger partial charge in [0.2, 0.25) is 0 Å². The SMILES string of the molecule is O=C(Nc1ncnc2c1CCC2)c1ccc2c(c1)OCCO2. The molecule has 0 bridgehead atoms. The second kappa shape index (κ2) is 5.29. The van der Waals surface area contributed by atoms with Crippen molar-refractivity contribution < 1.29 is 14.3 Å². The minimum absolute atomic E-state index is 0.204. The number of carbonyl (C=O) groups is 1. The van der Waals surface area contributed by atoms with Crippen molar-refractivity contribution in [2.24, 2.45) is 0 Å². The van der Waals surface area contributed by atoms with E-state index < -0.39 is 0 Å². The zero-order valence-corrected chi connectivity index (χ0v) is 12.0. The average Bonchev–Trinajstić information content (AvgIpc) is 3.04. The van der Waals surface area contributed by atoms with Crippen molar-refractivity contribution >= 4 is 11.7 Å². The summed E-state index contributed by atoms with van der Waals surface area (Å²) < 4.78 is 11.0. The van der Waals surface area contributed by atoms with Crippen LogP contribution in [0.3, 0.4) is 0 Å². The molecule has 1 N–H and O–H groups in total. The van der Waals surface area contributed by atoms with Gasteiger partial charge in [-0.3, -0.25) is 4.79 Å². The normalized spacial score (nSPS) is 15.3. The maximum absolute atomic E-state index is 12.4. The van der Waals surface area contributed by atoms with Gasteiger partial charge in [0.1, 0.15) is 25.4 Å². The van der Waals surface area contributed by atoms with E-state index in [1.807, 2.05) is 0 Å². The molecule has 2 aliphatic rings. The first-order chi connectivity index (χ1) is 10.8. The second-order valence-electron chi connectivity index (χ2n) is 5.31. The van der Waals surface area contributed by atoms with E-state index in [4.69, 9.17) is 9.47 Å². The number of rotatable bonds is 2. The zero-order valence-electron chi connectivity index (χ0n) is 12.0. The van der Waals surface area contributed by atoms with Crippen molar-refractivity contribution in [3.8, 4) is 11.5 Å². The topological polar surface area (TPSA) is 73.3 Å². The summed E-state index contributed by atoms with van der Waals surface area (Å²) in [7, 11) is 0. The molecule has 112 valence electrons. The smallest absolute Gasteiger partial charge is 0.256 e. The first kappa shape index (κ1) is 13.1. The molecule has 1 aromatic heterocycles. The first-order valence-electron chi connectivity index (χ1n) is 7.35. The van der Waals surface area contributed by atoms with E-state index in [0.29, 0.717) is 36.1 Å². The van der Waals surface area contributed by atoms with Crippen LogP contribution in [-0.2, 0) is 12.8 Å². The second-order valence-corrected chi connectivity index (χ2v) is 5.31. The standard InChI is InChI=1S/C16H15N3O3/c20-16(10-4-5-13-14(8-10)22-7-6-21-13)19-15-11-2-1-3-12(11)17-9-18-15/h4-5,8-9H,1-3,6-7H2,(H,17,18,19,20). The lowest BCUT2D eigenvalue weighted by Gasteiger charge is -2.18. The lowest BCUT2D eigenvalue weighted by atomic mass is 10.1. The maximum Gasteiger partial charge on any atom is 0.256 e. The molecule has 4 rings (SSSR count). The van der Waals surface area contributed by atoms with Gasteiger partial charge in [-0.15, -0.1) is 0 Å². The van der Waals surface area contributed by atoms with Gasteiger partial charge in [-0.05, 0) is 37.5 Å². The van der Waals surface area contributed by atoms with Gasteiger partial charge in [0.05, 0.1) is 0 Å². The molecular formula is C16H15N3O3. The quantitative estimate of drug-likeness (QED) is 0.917. The Labute approximate surface area is 127 Å². The number of hydrogen-bond donors (Lipinski definition) is 1. The van der Waals surface area contributed by atoms with Crippen LogP contribution in [0.2, 0.25) is 0 Å². The molecule has 0 atom stereocenters. The van der Waals surface area contributed by atoms with E-state index in [1.54, 1.807) is 18.2 Å². The highest BCUT2D eigenvalue weighted by molar-refractivity contribution is 6.04. The highest BCUT2D eigenvalue weighted by Gasteiger charge is 2.20. The van der Waals surface area contributed by atoms with Crippen LogP contribution in [0.5, 0.6) is 11.5 Å². The van der Waals surface area contributed by atoms with Gasteiger partial charge < -0.3 is 14.8 Å².